The molecular weight excluding hydrogens is 176 g/mol. The van der Waals surface area contributed by atoms with Crippen LogP contribution in [0.15, 0.2) is 5.16 Å². The molecule has 0 spiro atoms. The van der Waals surface area contributed by atoms with Gasteiger partial charge in [-0.05, 0) is 20.1 Å². The Hall–Kier alpha value is -0.710. The van der Waals surface area contributed by atoms with E-state index in [0.29, 0.717) is 0 Å². The third-order valence-electron chi connectivity index (χ3n) is 1.42. The van der Waals surface area contributed by atoms with Crippen molar-refractivity contribution in [2.45, 2.75) is 19.1 Å². The van der Waals surface area contributed by atoms with E-state index >= 15 is 0 Å². The van der Waals surface area contributed by atoms with Gasteiger partial charge in [-0.1, -0.05) is 5.16 Å². The number of hydrogen-bond acceptors (Lipinski definition) is 4. The number of carbonyl (C=O) groups excluding carboxylic acids is 1. The molecule has 0 saturated heterocycles. The summed E-state index contributed by atoms with van der Waals surface area (Å²) in [5, 5.41) is 6.22. The lowest BCUT2D eigenvalue weighted by Crippen LogP contribution is -2.18. The van der Waals surface area contributed by atoms with Crippen LogP contribution in [0.2, 0.25) is 0 Å². The molecule has 0 aliphatic heterocycles. The zero-order valence-corrected chi connectivity index (χ0v) is 8.57. The summed E-state index contributed by atoms with van der Waals surface area (Å²) in [6.45, 7) is 3.82. The molecule has 0 aromatic heterocycles. The van der Waals surface area contributed by atoms with Gasteiger partial charge in [0, 0.05) is 12.3 Å². The largest absolute Gasteiger partial charge is 0.433 e. The summed E-state index contributed by atoms with van der Waals surface area (Å²) in [4.78, 5) is 15.1. The minimum atomic E-state index is -0.539. The van der Waals surface area contributed by atoms with Crippen molar-refractivity contribution in [3.8, 4) is 0 Å². The predicted molar refractivity (Wildman–Crippen MR) is 51.6 cm³/mol. The quantitative estimate of drug-likeness (QED) is 0.416. The van der Waals surface area contributed by atoms with Crippen molar-refractivity contribution in [3.05, 3.63) is 0 Å². The zero-order valence-electron chi connectivity index (χ0n) is 7.75. The molecule has 0 saturated carbocycles. The molecule has 0 aliphatic rings. The minimum Gasteiger partial charge on any atom is -0.323 e. The van der Waals surface area contributed by atoms with Gasteiger partial charge in [0.05, 0.1) is 5.71 Å². The average molecular weight is 190 g/mol. The lowest BCUT2D eigenvalue weighted by molar-refractivity contribution is 0.153. The summed E-state index contributed by atoms with van der Waals surface area (Å²) >= 11 is 1.65. The van der Waals surface area contributed by atoms with Gasteiger partial charge in [-0.25, -0.2) is 4.79 Å². The van der Waals surface area contributed by atoms with Gasteiger partial charge in [0.15, 0.2) is 0 Å². The SMILES string of the molecule is CNC(=O)O/N=C(/C)[C@@H](C)SC. The van der Waals surface area contributed by atoms with Crippen LogP contribution < -0.4 is 5.32 Å². The van der Waals surface area contributed by atoms with E-state index in [0.717, 1.165) is 5.71 Å². The molecule has 0 aromatic rings. The van der Waals surface area contributed by atoms with Gasteiger partial charge in [-0.15, -0.1) is 0 Å². The Bertz CT molecular complexity index is 182. The van der Waals surface area contributed by atoms with Crippen LogP contribution in [-0.2, 0) is 4.84 Å². The van der Waals surface area contributed by atoms with E-state index in [9.17, 15) is 4.79 Å². The Morgan fingerprint density at radius 1 is 1.67 bits per heavy atom. The van der Waals surface area contributed by atoms with Gasteiger partial charge in [0.25, 0.3) is 0 Å². The van der Waals surface area contributed by atoms with Crippen LogP contribution >= 0.6 is 11.8 Å². The number of nitrogens with zero attached hydrogens (tertiary/aromatic N) is 1. The monoisotopic (exact) mass is 190 g/mol. The molecular formula is C7H14N2O2S. The molecule has 1 N–H and O–H groups in total. The topological polar surface area (TPSA) is 50.7 Å². The highest BCUT2D eigenvalue weighted by atomic mass is 32.2. The highest BCUT2D eigenvalue weighted by Crippen LogP contribution is 2.06. The molecule has 0 heterocycles. The number of carbonyl (C=O) groups is 1. The summed E-state index contributed by atoms with van der Waals surface area (Å²) in [6, 6.07) is 0. The van der Waals surface area contributed by atoms with Crippen molar-refractivity contribution >= 4 is 23.6 Å². The second-order valence-corrected chi connectivity index (χ2v) is 3.42. The summed E-state index contributed by atoms with van der Waals surface area (Å²) in [5.74, 6) is 0. The van der Waals surface area contributed by atoms with E-state index < -0.39 is 6.09 Å². The van der Waals surface area contributed by atoms with Gasteiger partial charge in [-0.2, -0.15) is 11.8 Å². The molecule has 5 heteroatoms. The number of rotatable bonds is 3. The Balaban J connectivity index is 3.91. The first kappa shape index (κ1) is 11.3. The van der Waals surface area contributed by atoms with Crippen LogP contribution in [0.3, 0.4) is 0 Å². The minimum absolute atomic E-state index is 0.273. The summed E-state index contributed by atoms with van der Waals surface area (Å²) in [5.41, 5.74) is 0.797. The van der Waals surface area contributed by atoms with Crippen LogP contribution in [0.5, 0.6) is 0 Å². The van der Waals surface area contributed by atoms with Crippen LogP contribution in [0.25, 0.3) is 0 Å². The van der Waals surface area contributed by atoms with E-state index in [1.54, 1.807) is 11.8 Å². The highest BCUT2D eigenvalue weighted by molar-refractivity contribution is 7.99. The first-order chi connectivity index (χ1) is 5.61. The Labute approximate surface area is 76.7 Å². The third-order valence-corrected chi connectivity index (χ3v) is 2.47. The number of amides is 1. The predicted octanol–water partition coefficient (Wildman–Crippen LogP) is 1.47. The van der Waals surface area contributed by atoms with Gasteiger partial charge < -0.3 is 5.32 Å². The van der Waals surface area contributed by atoms with Crippen molar-refractivity contribution in [1.82, 2.24) is 5.32 Å². The molecule has 1 atom stereocenters. The van der Waals surface area contributed by atoms with Crippen molar-refractivity contribution in [2.24, 2.45) is 5.16 Å². The van der Waals surface area contributed by atoms with Crippen LogP contribution in [0.1, 0.15) is 13.8 Å². The Morgan fingerprint density at radius 2 is 2.25 bits per heavy atom. The van der Waals surface area contributed by atoms with E-state index in [2.05, 4.69) is 15.3 Å². The molecule has 0 fully saturated rings. The molecule has 0 bridgehead atoms. The van der Waals surface area contributed by atoms with Crippen molar-refractivity contribution < 1.29 is 9.63 Å². The fraction of sp³-hybridized carbons (Fsp3) is 0.714. The van der Waals surface area contributed by atoms with Gasteiger partial charge >= 0.3 is 6.09 Å². The first-order valence-corrected chi connectivity index (χ1v) is 4.86. The van der Waals surface area contributed by atoms with E-state index in [4.69, 9.17) is 0 Å². The summed E-state index contributed by atoms with van der Waals surface area (Å²) < 4.78 is 0. The summed E-state index contributed by atoms with van der Waals surface area (Å²) in [6.07, 6.45) is 1.44. The van der Waals surface area contributed by atoms with Gasteiger partial charge in [-0.3, -0.25) is 4.84 Å². The van der Waals surface area contributed by atoms with Crippen LogP contribution in [0, 0.1) is 0 Å². The third kappa shape index (κ3) is 4.23. The molecule has 0 aromatic carbocycles. The zero-order chi connectivity index (χ0) is 9.56. The standard InChI is InChI=1S/C7H14N2O2S/c1-5(6(2)12-4)9-11-7(10)8-3/h6H,1-4H3,(H,8,10)/b9-5-/t6-/m1/s1. The lowest BCUT2D eigenvalue weighted by Gasteiger charge is -2.05. The van der Waals surface area contributed by atoms with Crippen molar-refractivity contribution in [2.75, 3.05) is 13.3 Å². The van der Waals surface area contributed by atoms with E-state index in [1.807, 2.05) is 20.1 Å². The highest BCUT2D eigenvalue weighted by Gasteiger charge is 2.04. The normalized spacial score (nSPS) is 13.8. The average Bonchev–Trinajstić information content (AvgIpc) is 2.11. The number of hydrogen-bond donors (Lipinski definition) is 1. The van der Waals surface area contributed by atoms with Crippen LogP contribution in [0.4, 0.5) is 4.79 Å². The van der Waals surface area contributed by atoms with Crippen molar-refractivity contribution in [1.29, 1.82) is 0 Å². The molecule has 1 amide bonds. The fourth-order valence-corrected chi connectivity index (χ4v) is 0.788. The lowest BCUT2D eigenvalue weighted by atomic mass is 10.3. The fourth-order valence-electron chi connectivity index (χ4n) is 0.404. The number of oxime groups is 1. The Kier molecular flexibility index (Phi) is 5.53. The second-order valence-electron chi connectivity index (χ2n) is 2.24. The molecule has 70 valence electrons. The maximum absolute atomic E-state index is 10.6. The maximum Gasteiger partial charge on any atom is 0.433 e. The number of thioether (sulfide) groups is 1. The maximum atomic E-state index is 10.6. The summed E-state index contributed by atoms with van der Waals surface area (Å²) in [7, 11) is 1.49. The molecule has 12 heavy (non-hydrogen) atoms. The second kappa shape index (κ2) is 5.88. The van der Waals surface area contributed by atoms with Gasteiger partial charge in [0.2, 0.25) is 0 Å². The van der Waals surface area contributed by atoms with Crippen molar-refractivity contribution in [3.63, 3.8) is 0 Å². The molecule has 4 nitrogen and oxygen atoms in total. The Morgan fingerprint density at radius 3 is 2.67 bits per heavy atom. The van der Waals surface area contributed by atoms with E-state index in [-0.39, 0.29) is 5.25 Å². The molecule has 0 radical (unpaired) electrons. The molecule has 0 rings (SSSR count). The first-order valence-electron chi connectivity index (χ1n) is 3.57. The van der Waals surface area contributed by atoms with Crippen LogP contribution in [-0.4, -0.2) is 30.4 Å². The molecule has 0 aliphatic carbocycles. The molecule has 0 unspecified atom stereocenters. The smallest absolute Gasteiger partial charge is 0.323 e. The van der Waals surface area contributed by atoms with E-state index in [1.165, 1.54) is 7.05 Å². The van der Waals surface area contributed by atoms with Gasteiger partial charge in [0.1, 0.15) is 0 Å². The number of nitrogens with one attached hydrogen (secondary N) is 1.